The van der Waals surface area contributed by atoms with E-state index < -0.39 is 0 Å². The maximum Gasteiger partial charge on any atom is 0.251 e. The lowest BCUT2D eigenvalue weighted by atomic mass is 10.1. The number of nitrogens with one attached hydrogen (secondary N) is 1. The largest absolute Gasteiger partial charge is 0.355 e. The van der Waals surface area contributed by atoms with Gasteiger partial charge in [0, 0.05) is 12.6 Å². The first kappa shape index (κ1) is 17.1. The molecule has 1 N–H and O–H groups in total. The topological polar surface area (TPSA) is 29.1 Å². The van der Waals surface area contributed by atoms with Gasteiger partial charge in [0.25, 0.3) is 5.91 Å². The minimum atomic E-state index is -0.0300. The first-order valence-corrected chi connectivity index (χ1v) is 6.09. The molecule has 1 aromatic carbocycles. The van der Waals surface area contributed by atoms with Gasteiger partial charge in [-0.2, -0.15) is 0 Å². The highest BCUT2D eigenvalue weighted by Crippen LogP contribution is 2.04. The van der Waals surface area contributed by atoms with Gasteiger partial charge in [-0.05, 0) is 24.1 Å². The number of rotatable bonds is 2. The highest BCUT2D eigenvalue weighted by molar-refractivity contribution is 5.93. The van der Waals surface area contributed by atoms with E-state index in [2.05, 4.69) is 12.2 Å². The van der Waals surface area contributed by atoms with Gasteiger partial charge in [0.2, 0.25) is 0 Å². The van der Waals surface area contributed by atoms with Gasteiger partial charge in [0.15, 0.2) is 0 Å². The van der Waals surface area contributed by atoms with Gasteiger partial charge in [0.1, 0.15) is 0 Å². The van der Waals surface area contributed by atoms with Crippen molar-refractivity contribution in [2.75, 3.05) is 7.05 Å². The first-order valence-electron chi connectivity index (χ1n) is 6.09. The lowest BCUT2D eigenvalue weighted by molar-refractivity contribution is 0.0963. The molecule has 0 saturated carbocycles. The Morgan fingerprint density at radius 3 is 1.81 bits per heavy atom. The summed E-state index contributed by atoms with van der Waals surface area (Å²) in [5.41, 5.74) is 1.97. The van der Waals surface area contributed by atoms with Crippen LogP contribution in [0.5, 0.6) is 0 Å². The van der Waals surface area contributed by atoms with E-state index in [0.29, 0.717) is 0 Å². The van der Waals surface area contributed by atoms with Crippen molar-refractivity contribution in [1.29, 1.82) is 0 Å². The van der Waals surface area contributed by atoms with E-state index in [1.165, 1.54) is 5.56 Å². The standard InChI is InChI=1S/C10H13NO.2C2H6/c1-3-8-4-6-9(7-5-8)10(12)11-2;2*1-2/h4-7H,3H2,1-2H3,(H,11,12);2*1-2H3. The van der Waals surface area contributed by atoms with Gasteiger partial charge in [-0.1, -0.05) is 46.8 Å². The van der Waals surface area contributed by atoms with Crippen LogP contribution in [-0.4, -0.2) is 13.0 Å². The van der Waals surface area contributed by atoms with Crippen molar-refractivity contribution in [3.63, 3.8) is 0 Å². The van der Waals surface area contributed by atoms with Crippen molar-refractivity contribution >= 4 is 5.91 Å². The fourth-order valence-corrected chi connectivity index (χ4v) is 1.04. The predicted molar refractivity (Wildman–Crippen MR) is 71.9 cm³/mol. The number of carbonyl (C=O) groups is 1. The number of hydrogen-bond donors (Lipinski definition) is 1. The lowest BCUT2D eigenvalue weighted by Crippen LogP contribution is -2.17. The van der Waals surface area contributed by atoms with Crippen molar-refractivity contribution in [3.05, 3.63) is 35.4 Å². The molecule has 0 unspecified atom stereocenters. The Morgan fingerprint density at radius 1 is 1.06 bits per heavy atom. The zero-order valence-electron chi connectivity index (χ0n) is 11.4. The third-order valence-corrected chi connectivity index (χ3v) is 1.85. The van der Waals surface area contributed by atoms with Crippen LogP contribution in [0.4, 0.5) is 0 Å². The second kappa shape index (κ2) is 11.8. The normalized spacial score (nSPS) is 7.88. The van der Waals surface area contributed by atoms with Crippen LogP contribution in [-0.2, 0) is 6.42 Å². The maximum atomic E-state index is 11.1. The fourth-order valence-electron chi connectivity index (χ4n) is 1.04. The summed E-state index contributed by atoms with van der Waals surface area (Å²) in [5.74, 6) is -0.0300. The van der Waals surface area contributed by atoms with E-state index in [0.717, 1.165) is 12.0 Å². The molecule has 0 radical (unpaired) electrons. The van der Waals surface area contributed by atoms with Crippen molar-refractivity contribution in [2.24, 2.45) is 0 Å². The number of carbonyl (C=O) groups excluding carboxylic acids is 1. The van der Waals surface area contributed by atoms with Gasteiger partial charge in [-0.25, -0.2) is 0 Å². The molecule has 16 heavy (non-hydrogen) atoms. The smallest absolute Gasteiger partial charge is 0.251 e. The molecule has 0 heterocycles. The van der Waals surface area contributed by atoms with Crippen LogP contribution in [0, 0.1) is 0 Å². The Balaban J connectivity index is 0. The first-order chi connectivity index (χ1) is 7.77. The summed E-state index contributed by atoms with van der Waals surface area (Å²) in [5, 5.41) is 2.58. The van der Waals surface area contributed by atoms with E-state index in [9.17, 15) is 4.79 Å². The molecule has 0 saturated heterocycles. The number of hydrogen-bond acceptors (Lipinski definition) is 1. The van der Waals surface area contributed by atoms with E-state index in [4.69, 9.17) is 0 Å². The van der Waals surface area contributed by atoms with Gasteiger partial charge < -0.3 is 5.32 Å². The van der Waals surface area contributed by atoms with Crippen LogP contribution in [0.15, 0.2) is 24.3 Å². The summed E-state index contributed by atoms with van der Waals surface area (Å²) in [4.78, 5) is 11.1. The Morgan fingerprint density at radius 2 is 1.50 bits per heavy atom. The van der Waals surface area contributed by atoms with E-state index in [-0.39, 0.29) is 5.91 Å². The Labute approximate surface area is 100 Å². The van der Waals surface area contributed by atoms with Gasteiger partial charge in [-0.15, -0.1) is 0 Å². The maximum absolute atomic E-state index is 11.1. The molecule has 0 atom stereocenters. The molecule has 92 valence electrons. The summed E-state index contributed by atoms with van der Waals surface area (Å²) >= 11 is 0. The third kappa shape index (κ3) is 6.23. The molecule has 1 amide bonds. The van der Waals surface area contributed by atoms with Crippen LogP contribution < -0.4 is 5.32 Å². The molecular weight excluding hydrogens is 198 g/mol. The molecule has 1 aromatic rings. The Hall–Kier alpha value is -1.31. The van der Waals surface area contributed by atoms with Gasteiger partial charge >= 0.3 is 0 Å². The molecule has 0 spiro atoms. The van der Waals surface area contributed by atoms with E-state index in [1.54, 1.807) is 7.05 Å². The average molecular weight is 223 g/mol. The van der Waals surface area contributed by atoms with Crippen molar-refractivity contribution in [1.82, 2.24) is 5.32 Å². The third-order valence-electron chi connectivity index (χ3n) is 1.85. The zero-order valence-corrected chi connectivity index (χ0v) is 11.4. The van der Waals surface area contributed by atoms with Crippen molar-refractivity contribution < 1.29 is 4.79 Å². The van der Waals surface area contributed by atoms with Gasteiger partial charge in [-0.3, -0.25) is 4.79 Å². The molecule has 0 aliphatic carbocycles. The van der Waals surface area contributed by atoms with Crippen LogP contribution in [0.2, 0.25) is 0 Å². The molecule has 0 aromatic heterocycles. The molecule has 1 rings (SSSR count). The SMILES string of the molecule is CC.CC.CCc1ccc(C(=O)NC)cc1. The molecule has 2 heteroatoms. The molecule has 0 bridgehead atoms. The molecule has 0 fully saturated rings. The summed E-state index contributed by atoms with van der Waals surface area (Å²) in [6, 6.07) is 7.64. The second-order valence-corrected chi connectivity index (χ2v) is 2.63. The number of amides is 1. The van der Waals surface area contributed by atoms with E-state index in [1.807, 2.05) is 52.0 Å². The minimum absolute atomic E-state index is 0.0300. The quantitative estimate of drug-likeness (QED) is 0.814. The molecule has 0 aliphatic heterocycles. The highest BCUT2D eigenvalue weighted by Gasteiger charge is 2.00. The monoisotopic (exact) mass is 223 g/mol. The predicted octanol–water partition coefficient (Wildman–Crippen LogP) is 3.66. The van der Waals surface area contributed by atoms with Gasteiger partial charge in [0.05, 0.1) is 0 Å². The van der Waals surface area contributed by atoms with Crippen LogP contribution in [0.3, 0.4) is 0 Å². The van der Waals surface area contributed by atoms with Crippen LogP contribution in [0.1, 0.15) is 50.5 Å². The number of benzene rings is 1. The Kier molecular flexibility index (Phi) is 12.6. The average Bonchev–Trinajstić information content (AvgIpc) is 2.42. The summed E-state index contributed by atoms with van der Waals surface area (Å²) in [6.45, 7) is 10.1. The van der Waals surface area contributed by atoms with Crippen LogP contribution >= 0.6 is 0 Å². The summed E-state index contributed by atoms with van der Waals surface area (Å²) in [6.07, 6.45) is 1.01. The highest BCUT2D eigenvalue weighted by atomic mass is 16.1. The van der Waals surface area contributed by atoms with E-state index >= 15 is 0 Å². The second-order valence-electron chi connectivity index (χ2n) is 2.63. The Bertz CT molecular complexity index is 265. The van der Waals surface area contributed by atoms with Crippen molar-refractivity contribution in [2.45, 2.75) is 41.0 Å². The van der Waals surface area contributed by atoms with Crippen LogP contribution in [0.25, 0.3) is 0 Å². The summed E-state index contributed by atoms with van der Waals surface area (Å²) in [7, 11) is 1.63. The molecule has 0 aliphatic rings. The zero-order chi connectivity index (χ0) is 13.0. The van der Waals surface area contributed by atoms with Crippen molar-refractivity contribution in [3.8, 4) is 0 Å². The summed E-state index contributed by atoms with van der Waals surface area (Å²) < 4.78 is 0. The fraction of sp³-hybridized carbons (Fsp3) is 0.500. The number of aryl methyl sites for hydroxylation is 1. The minimum Gasteiger partial charge on any atom is -0.355 e. The molecular formula is C14H25NO. The lowest BCUT2D eigenvalue weighted by Gasteiger charge is -2.00. The molecule has 2 nitrogen and oxygen atoms in total.